The maximum atomic E-state index is 13.4. The first-order valence-corrected chi connectivity index (χ1v) is 4.49. The fraction of sp³-hybridized carbons (Fsp3) is 0.222. The summed E-state index contributed by atoms with van der Waals surface area (Å²) in [5, 5.41) is 21.4. The quantitative estimate of drug-likeness (QED) is 0.271. The van der Waals surface area contributed by atoms with E-state index in [0.717, 1.165) is 6.07 Å². The van der Waals surface area contributed by atoms with Crippen LogP contribution in [0.1, 0.15) is 5.56 Å². The van der Waals surface area contributed by atoms with Crippen molar-refractivity contribution in [1.29, 1.82) is 0 Å². The maximum Gasteiger partial charge on any atom is 0.275 e. The topological polar surface area (TPSA) is 111 Å². The first-order valence-electron chi connectivity index (χ1n) is 4.49. The van der Waals surface area contributed by atoms with E-state index in [2.05, 4.69) is 5.16 Å². The zero-order valence-corrected chi connectivity index (χ0v) is 8.88. The van der Waals surface area contributed by atoms with Crippen LogP contribution in [0.5, 0.6) is 5.75 Å². The predicted molar refractivity (Wildman–Crippen MR) is 56.7 cm³/mol. The van der Waals surface area contributed by atoms with Gasteiger partial charge in [0.2, 0.25) is 0 Å². The van der Waals surface area contributed by atoms with E-state index in [0.29, 0.717) is 0 Å². The van der Waals surface area contributed by atoms with Gasteiger partial charge in [-0.2, -0.15) is 0 Å². The summed E-state index contributed by atoms with van der Waals surface area (Å²) in [5.74, 6) is -1.31. The first kappa shape index (κ1) is 12.7. The van der Waals surface area contributed by atoms with Crippen LogP contribution in [-0.4, -0.2) is 22.6 Å². The number of hydrogen-bond donors (Lipinski definition) is 2. The Morgan fingerprint density at radius 2 is 2.35 bits per heavy atom. The highest BCUT2D eigenvalue weighted by Gasteiger charge is 2.16. The van der Waals surface area contributed by atoms with Gasteiger partial charge < -0.3 is 15.7 Å². The molecular weight excluding hydrogens is 233 g/mol. The molecule has 8 heteroatoms. The molecule has 3 N–H and O–H groups in total. The number of hydrogen-bond acceptors (Lipinski definition) is 5. The van der Waals surface area contributed by atoms with Crippen molar-refractivity contribution in [2.45, 2.75) is 6.92 Å². The average Bonchev–Trinajstić information content (AvgIpc) is 2.28. The van der Waals surface area contributed by atoms with Crippen molar-refractivity contribution < 1.29 is 19.3 Å². The smallest absolute Gasteiger partial charge is 0.275 e. The Morgan fingerprint density at radius 3 is 2.88 bits per heavy atom. The Hall–Kier alpha value is -2.38. The molecule has 1 aromatic carbocycles. The molecule has 0 spiro atoms. The summed E-state index contributed by atoms with van der Waals surface area (Å²) in [4.78, 5) is 9.83. The lowest BCUT2D eigenvalue weighted by molar-refractivity contribution is -0.385. The number of amidine groups is 1. The highest BCUT2D eigenvalue weighted by molar-refractivity contribution is 5.81. The van der Waals surface area contributed by atoms with E-state index in [1.807, 2.05) is 0 Å². The predicted octanol–water partition coefficient (Wildman–Crippen LogP) is 1.17. The summed E-state index contributed by atoms with van der Waals surface area (Å²) in [5.41, 5.74) is 5.05. The van der Waals surface area contributed by atoms with Gasteiger partial charge in [0.1, 0.15) is 6.61 Å². The molecule has 0 atom stereocenters. The van der Waals surface area contributed by atoms with Crippen LogP contribution in [0.15, 0.2) is 17.3 Å². The molecule has 1 aromatic rings. The molecule has 0 radical (unpaired) electrons. The van der Waals surface area contributed by atoms with Crippen molar-refractivity contribution in [1.82, 2.24) is 0 Å². The van der Waals surface area contributed by atoms with Crippen molar-refractivity contribution in [2.24, 2.45) is 10.9 Å². The molecule has 1 rings (SSSR count). The van der Waals surface area contributed by atoms with Crippen LogP contribution in [0.25, 0.3) is 0 Å². The number of nitro groups is 1. The number of nitrogens with zero attached hydrogens (tertiary/aromatic N) is 2. The summed E-state index contributed by atoms with van der Waals surface area (Å²) in [6.45, 7) is 1.14. The summed E-state index contributed by atoms with van der Waals surface area (Å²) in [7, 11) is 0. The third-order valence-electron chi connectivity index (χ3n) is 1.95. The number of nitro benzene ring substituents is 1. The van der Waals surface area contributed by atoms with Crippen LogP contribution in [0.4, 0.5) is 10.1 Å². The van der Waals surface area contributed by atoms with Gasteiger partial charge in [-0.1, -0.05) is 5.16 Å². The minimum atomic E-state index is -0.881. The Kier molecular flexibility index (Phi) is 3.81. The molecule has 0 saturated heterocycles. The van der Waals surface area contributed by atoms with Crippen LogP contribution < -0.4 is 10.5 Å². The van der Waals surface area contributed by atoms with Crippen LogP contribution in [-0.2, 0) is 0 Å². The van der Waals surface area contributed by atoms with Crippen LogP contribution in [0.3, 0.4) is 0 Å². The SMILES string of the molecule is Cc1cc(OC/C(N)=N/O)c(F)cc1[N+](=O)[O-]. The standard InChI is InChI=1S/C9H10FN3O4/c1-5-2-8(17-4-9(11)12-14)6(10)3-7(5)13(15)16/h2-3,14H,4H2,1H3,(H2,11,12). The number of halogens is 1. The number of rotatable bonds is 4. The number of aryl methyl sites for hydroxylation is 1. The van der Waals surface area contributed by atoms with Gasteiger partial charge in [-0.05, 0) is 13.0 Å². The van der Waals surface area contributed by atoms with Gasteiger partial charge in [0.15, 0.2) is 17.4 Å². The largest absolute Gasteiger partial charge is 0.482 e. The molecule has 0 saturated carbocycles. The average molecular weight is 243 g/mol. The normalized spacial score (nSPS) is 11.3. The number of oxime groups is 1. The Labute approximate surface area is 95.4 Å². The van der Waals surface area contributed by atoms with E-state index in [1.165, 1.54) is 13.0 Å². The second kappa shape index (κ2) is 5.10. The minimum Gasteiger partial charge on any atom is -0.482 e. The summed E-state index contributed by atoms with van der Waals surface area (Å²) < 4.78 is 18.3. The Morgan fingerprint density at radius 1 is 1.71 bits per heavy atom. The fourth-order valence-electron chi connectivity index (χ4n) is 1.13. The van der Waals surface area contributed by atoms with Crippen LogP contribution in [0.2, 0.25) is 0 Å². The number of benzene rings is 1. The molecular formula is C9H10FN3O4. The highest BCUT2D eigenvalue weighted by atomic mass is 19.1. The van der Waals surface area contributed by atoms with Crippen LogP contribution in [0, 0.1) is 22.9 Å². The van der Waals surface area contributed by atoms with Gasteiger partial charge in [0.05, 0.1) is 11.0 Å². The van der Waals surface area contributed by atoms with E-state index < -0.39 is 10.7 Å². The monoisotopic (exact) mass is 243 g/mol. The van der Waals surface area contributed by atoms with E-state index in [9.17, 15) is 14.5 Å². The van der Waals surface area contributed by atoms with Crippen LogP contribution >= 0.6 is 0 Å². The highest BCUT2D eigenvalue weighted by Crippen LogP contribution is 2.26. The zero-order chi connectivity index (χ0) is 13.0. The molecule has 0 heterocycles. The van der Waals surface area contributed by atoms with Gasteiger partial charge in [0.25, 0.3) is 5.69 Å². The fourth-order valence-corrected chi connectivity index (χ4v) is 1.13. The lowest BCUT2D eigenvalue weighted by atomic mass is 10.2. The second-order valence-electron chi connectivity index (χ2n) is 3.21. The van der Waals surface area contributed by atoms with E-state index >= 15 is 0 Å². The molecule has 0 aliphatic heterocycles. The number of ether oxygens (including phenoxy) is 1. The van der Waals surface area contributed by atoms with E-state index in [-0.39, 0.29) is 29.4 Å². The minimum absolute atomic E-state index is 0.195. The summed E-state index contributed by atoms with van der Waals surface area (Å²) in [6, 6.07) is 1.94. The van der Waals surface area contributed by atoms with Crippen molar-refractivity contribution in [3.05, 3.63) is 33.6 Å². The number of nitrogens with two attached hydrogens (primary N) is 1. The summed E-state index contributed by atoms with van der Waals surface area (Å²) in [6.07, 6.45) is 0. The Balaban J connectivity index is 2.96. The van der Waals surface area contributed by atoms with Crippen molar-refractivity contribution in [3.8, 4) is 5.75 Å². The summed E-state index contributed by atoms with van der Waals surface area (Å²) >= 11 is 0. The van der Waals surface area contributed by atoms with Gasteiger partial charge in [0, 0.05) is 5.56 Å². The van der Waals surface area contributed by atoms with Gasteiger partial charge in [-0.15, -0.1) is 0 Å². The molecule has 0 aromatic heterocycles. The molecule has 7 nitrogen and oxygen atoms in total. The van der Waals surface area contributed by atoms with Gasteiger partial charge in [-0.3, -0.25) is 10.1 Å². The van der Waals surface area contributed by atoms with Gasteiger partial charge in [-0.25, -0.2) is 4.39 Å². The van der Waals surface area contributed by atoms with Gasteiger partial charge >= 0.3 is 0 Å². The van der Waals surface area contributed by atoms with Crippen molar-refractivity contribution >= 4 is 11.5 Å². The second-order valence-corrected chi connectivity index (χ2v) is 3.21. The zero-order valence-electron chi connectivity index (χ0n) is 8.88. The van der Waals surface area contributed by atoms with Crippen molar-refractivity contribution in [2.75, 3.05) is 6.61 Å². The molecule has 0 aliphatic rings. The molecule has 0 aliphatic carbocycles. The molecule has 0 unspecified atom stereocenters. The third kappa shape index (κ3) is 3.03. The molecule has 17 heavy (non-hydrogen) atoms. The molecule has 0 fully saturated rings. The third-order valence-corrected chi connectivity index (χ3v) is 1.95. The molecule has 0 amide bonds. The lowest BCUT2D eigenvalue weighted by Gasteiger charge is -2.07. The molecule has 0 bridgehead atoms. The Bertz CT molecular complexity index is 476. The lowest BCUT2D eigenvalue weighted by Crippen LogP contribution is -2.21. The van der Waals surface area contributed by atoms with Crippen molar-refractivity contribution in [3.63, 3.8) is 0 Å². The molecule has 92 valence electrons. The maximum absolute atomic E-state index is 13.4. The van der Waals surface area contributed by atoms with E-state index in [4.69, 9.17) is 15.7 Å². The van der Waals surface area contributed by atoms with E-state index in [1.54, 1.807) is 0 Å². The first-order chi connectivity index (χ1) is 7.95.